The molecule has 0 amide bonds. The van der Waals surface area contributed by atoms with Crippen LogP contribution < -0.4 is 0 Å². The molecule has 1 fully saturated rings. The van der Waals surface area contributed by atoms with Crippen LogP contribution in [-0.2, 0) is 4.74 Å². The zero-order valence-corrected chi connectivity index (χ0v) is 11.3. The average Bonchev–Trinajstić information content (AvgIpc) is 2.99. The molecule has 0 aromatic carbocycles. The van der Waals surface area contributed by atoms with Crippen molar-refractivity contribution in [1.82, 2.24) is 14.5 Å². The Morgan fingerprint density at radius 2 is 2.14 bits per heavy atom. The summed E-state index contributed by atoms with van der Waals surface area (Å²) in [6, 6.07) is 0. The molecule has 1 saturated heterocycles. The van der Waals surface area contributed by atoms with Crippen molar-refractivity contribution in [2.75, 3.05) is 6.61 Å². The van der Waals surface area contributed by atoms with E-state index in [-0.39, 0.29) is 6.61 Å². The fourth-order valence-electron chi connectivity index (χ4n) is 2.65. The van der Waals surface area contributed by atoms with Gasteiger partial charge in [-0.2, -0.15) is 0 Å². The van der Waals surface area contributed by atoms with Gasteiger partial charge in [0.25, 0.3) is 0 Å². The Balaban J connectivity index is 2.14. The molecule has 0 unspecified atom stereocenters. The number of ether oxygens (including phenoxy) is 1. The third-order valence-electron chi connectivity index (χ3n) is 3.75. The lowest BCUT2D eigenvalue weighted by Gasteiger charge is -2.17. The largest absolute Gasteiger partial charge is 0.394 e. The smallest absolute Gasteiger partial charge is 0.164 e. The fraction of sp³-hybridized carbons (Fsp3) is 0.429. The normalized spacial score (nSPS) is 28.9. The summed E-state index contributed by atoms with van der Waals surface area (Å²) in [5.74, 6) is 2.56. The van der Waals surface area contributed by atoms with Crippen LogP contribution in [0.5, 0.6) is 0 Å². The summed E-state index contributed by atoms with van der Waals surface area (Å²) in [7, 11) is 0. The summed E-state index contributed by atoms with van der Waals surface area (Å²) < 4.78 is 7.08. The summed E-state index contributed by atoms with van der Waals surface area (Å²) >= 11 is 0. The minimum absolute atomic E-state index is 0.385. The SMILES string of the molecule is C#Cc1cn([C@@H]2O[C@H](CO)[C@@H](O)[C@H]2O)c2ncnc(C)c12. The van der Waals surface area contributed by atoms with E-state index in [2.05, 4.69) is 15.9 Å². The van der Waals surface area contributed by atoms with Gasteiger partial charge >= 0.3 is 0 Å². The van der Waals surface area contributed by atoms with Gasteiger partial charge in [-0.25, -0.2) is 9.97 Å². The number of aliphatic hydroxyl groups excluding tert-OH is 3. The molecule has 21 heavy (non-hydrogen) atoms. The molecule has 2 aromatic heterocycles. The van der Waals surface area contributed by atoms with E-state index in [1.54, 1.807) is 10.8 Å². The Morgan fingerprint density at radius 1 is 1.38 bits per heavy atom. The number of nitrogens with zero attached hydrogens (tertiary/aromatic N) is 3. The van der Waals surface area contributed by atoms with E-state index >= 15 is 0 Å². The van der Waals surface area contributed by atoms with Crippen molar-refractivity contribution in [2.24, 2.45) is 0 Å². The molecule has 1 aliphatic rings. The number of terminal acetylenes is 1. The van der Waals surface area contributed by atoms with E-state index in [9.17, 15) is 10.2 Å². The van der Waals surface area contributed by atoms with E-state index in [0.29, 0.717) is 16.6 Å². The molecule has 0 aliphatic carbocycles. The van der Waals surface area contributed by atoms with Crippen molar-refractivity contribution in [3.05, 3.63) is 23.8 Å². The van der Waals surface area contributed by atoms with Gasteiger partial charge in [-0.05, 0) is 6.92 Å². The van der Waals surface area contributed by atoms with Crippen LogP contribution in [0.4, 0.5) is 0 Å². The van der Waals surface area contributed by atoms with E-state index < -0.39 is 24.5 Å². The Morgan fingerprint density at radius 3 is 2.76 bits per heavy atom. The Bertz CT molecular complexity index is 721. The van der Waals surface area contributed by atoms with Gasteiger partial charge in [-0.1, -0.05) is 5.92 Å². The molecular formula is C14H15N3O4. The van der Waals surface area contributed by atoms with Crippen LogP contribution in [0.3, 0.4) is 0 Å². The van der Waals surface area contributed by atoms with Gasteiger partial charge in [0.15, 0.2) is 6.23 Å². The first kappa shape index (κ1) is 14.0. The van der Waals surface area contributed by atoms with E-state index in [4.69, 9.17) is 16.3 Å². The van der Waals surface area contributed by atoms with Crippen molar-refractivity contribution in [2.45, 2.75) is 31.5 Å². The molecule has 2 aromatic rings. The number of rotatable bonds is 2. The van der Waals surface area contributed by atoms with Crippen LogP contribution in [0.2, 0.25) is 0 Å². The molecule has 3 heterocycles. The number of aliphatic hydroxyl groups is 3. The first-order valence-electron chi connectivity index (χ1n) is 6.49. The second kappa shape index (κ2) is 5.09. The first-order valence-corrected chi connectivity index (χ1v) is 6.49. The fourth-order valence-corrected chi connectivity index (χ4v) is 2.65. The van der Waals surface area contributed by atoms with Gasteiger partial charge in [-0.3, -0.25) is 0 Å². The van der Waals surface area contributed by atoms with Crippen LogP contribution in [-0.4, -0.2) is 54.8 Å². The predicted molar refractivity (Wildman–Crippen MR) is 73.2 cm³/mol. The number of fused-ring (bicyclic) bond motifs is 1. The van der Waals surface area contributed by atoms with Crippen molar-refractivity contribution in [1.29, 1.82) is 0 Å². The highest BCUT2D eigenvalue weighted by atomic mass is 16.6. The Hall–Kier alpha value is -1.98. The lowest BCUT2D eigenvalue weighted by Crippen LogP contribution is -2.33. The predicted octanol–water partition coefficient (Wildman–Crippen LogP) is -0.667. The van der Waals surface area contributed by atoms with E-state index in [0.717, 1.165) is 5.69 Å². The van der Waals surface area contributed by atoms with Crippen LogP contribution in [0.15, 0.2) is 12.5 Å². The molecule has 7 heteroatoms. The highest BCUT2D eigenvalue weighted by Gasteiger charge is 2.44. The molecule has 1 aliphatic heterocycles. The Labute approximate surface area is 120 Å². The van der Waals surface area contributed by atoms with Crippen LogP contribution >= 0.6 is 0 Å². The molecule has 3 N–H and O–H groups in total. The topological polar surface area (TPSA) is 101 Å². The Kier molecular flexibility index (Phi) is 3.39. The van der Waals surface area contributed by atoms with Crippen molar-refractivity contribution < 1.29 is 20.1 Å². The molecule has 110 valence electrons. The molecular weight excluding hydrogens is 274 g/mol. The van der Waals surface area contributed by atoms with Crippen molar-refractivity contribution in [3.63, 3.8) is 0 Å². The zero-order valence-electron chi connectivity index (χ0n) is 11.3. The molecule has 3 rings (SSSR count). The third-order valence-corrected chi connectivity index (χ3v) is 3.75. The molecule has 0 spiro atoms. The summed E-state index contributed by atoms with van der Waals surface area (Å²) in [5.41, 5.74) is 1.82. The van der Waals surface area contributed by atoms with Crippen molar-refractivity contribution in [3.8, 4) is 12.3 Å². The summed E-state index contributed by atoms with van der Waals surface area (Å²) in [6.45, 7) is 1.43. The summed E-state index contributed by atoms with van der Waals surface area (Å²) in [4.78, 5) is 8.29. The van der Waals surface area contributed by atoms with Gasteiger partial charge in [0, 0.05) is 6.20 Å². The van der Waals surface area contributed by atoms with Gasteiger partial charge in [-0.15, -0.1) is 6.42 Å². The number of aryl methyl sites for hydroxylation is 1. The maximum atomic E-state index is 10.1. The second-order valence-electron chi connectivity index (χ2n) is 4.98. The average molecular weight is 289 g/mol. The zero-order chi connectivity index (χ0) is 15.1. The number of hydrogen-bond acceptors (Lipinski definition) is 6. The molecule has 0 radical (unpaired) electrons. The monoisotopic (exact) mass is 289 g/mol. The van der Waals surface area contributed by atoms with Crippen LogP contribution in [0, 0.1) is 19.3 Å². The molecule has 7 nitrogen and oxygen atoms in total. The highest BCUT2D eigenvalue weighted by Crippen LogP contribution is 2.33. The van der Waals surface area contributed by atoms with Gasteiger partial charge in [0.05, 0.1) is 23.3 Å². The molecule has 4 atom stereocenters. The first-order chi connectivity index (χ1) is 10.1. The minimum Gasteiger partial charge on any atom is -0.394 e. The number of aromatic nitrogens is 3. The highest BCUT2D eigenvalue weighted by molar-refractivity contribution is 5.85. The van der Waals surface area contributed by atoms with Gasteiger partial charge < -0.3 is 24.6 Å². The van der Waals surface area contributed by atoms with Crippen LogP contribution in [0.25, 0.3) is 11.0 Å². The van der Waals surface area contributed by atoms with Crippen LogP contribution in [0.1, 0.15) is 17.5 Å². The van der Waals surface area contributed by atoms with Gasteiger partial charge in [0.1, 0.15) is 30.3 Å². The summed E-state index contributed by atoms with van der Waals surface area (Å²) in [5, 5.41) is 29.9. The molecule has 0 saturated carbocycles. The lowest BCUT2D eigenvalue weighted by atomic mass is 10.1. The van der Waals surface area contributed by atoms with Crippen molar-refractivity contribution >= 4 is 11.0 Å². The standard InChI is InChI=1S/C14H15N3O4/c1-3-8-4-17(13-10(8)7(2)15-6-16-13)14-12(20)11(19)9(5-18)21-14/h1,4,6,9,11-12,14,18-20H,5H2,2H3/t9-,11-,12-,14-/m1/s1. The van der Waals surface area contributed by atoms with E-state index in [1.165, 1.54) is 6.33 Å². The third kappa shape index (κ3) is 2.01. The maximum Gasteiger partial charge on any atom is 0.164 e. The quantitative estimate of drug-likeness (QED) is 0.634. The maximum absolute atomic E-state index is 10.1. The summed E-state index contributed by atoms with van der Waals surface area (Å²) in [6.07, 6.45) is 4.47. The van der Waals surface area contributed by atoms with Gasteiger partial charge in [0.2, 0.25) is 0 Å². The molecule has 0 bridgehead atoms. The lowest BCUT2D eigenvalue weighted by molar-refractivity contribution is -0.0508. The van der Waals surface area contributed by atoms with E-state index in [1.807, 2.05) is 6.92 Å². The number of hydrogen-bond donors (Lipinski definition) is 3. The minimum atomic E-state index is -1.18. The second-order valence-corrected chi connectivity index (χ2v) is 4.98.